The third-order valence-corrected chi connectivity index (χ3v) is 2.74. The smallest absolute Gasteiger partial charge is 0.0925 e. The molecule has 0 amide bonds. The van der Waals surface area contributed by atoms with Crippen molar-refractivity contribution in [2.45, 2.75) is 33.6 Å². The van der Waals surface area contributed by atoms with Crippen LogP contribution < -0.4 is 0 Å². The Bertz CT molecular complexity index is 211. The molecule has 0 bridgehead atoms. The van der Waals surface area contributed by atoms with Gasteiger partial charge >= 0.3 is 0 Å². The Labute approximate surface area is 74.8 Å². The Morgan fingerprint density at radius 3 is 2.25 bits per heavy atom. The first kappa shape index (κ1) is 9.37. The van der Waals surface area contributed by atoms with Gasteiger partial charge in [0.2, 0.25) is 0 Å². The third-order valence-electron chi connectivity index (χ3n) is 2.74. The highest BCUT2D eigenvalue weighted by Gasteiger charge is 2.14. The summed E-state index contributed by atoms with van der Waals surface area (Å²) in [4.78, 5) is 0. The van der Waals surface area contributed by atoms with Crippen molar-refractivity contribution in [3.8, 4) is 0 Å². The molecule has 1 nitrogen and oxygen atoms in total. The Morgan fingerprint density at radius 2 is 1.83 bits per heavy atom. The van der Waals surface area contributed by atoms with Crippen LogP contribution in [-0.4, -0.2) is 5.11 Å². The lowest BCUT2D eigenvalue weighted by Gasteiger charge is -2.21. The summed E-state index contributed by atoms with van der Waals surface area (Å²) < 4.78 is 0. The number of aliphatic hydroxyl groups excluding tert-OH is 1. The molecule has 68 valence electrons. The van der Waals surface area contributed by atoms with Crippen LogP contribution in [0.5, 0.6) is 0 Å². The maximum Gasteiger partial charge on any atom is 0.0925 e. The molecule has 1 aliphatic rings. The van der Waals surface area contributed by atoms with E-state index in [-0.39, 0.29) is 0 Å². The number of rotatable bonds is 2. The zero-order valence-electron chi connectivity index (χ0n) is 8.17. The Hall–Kier alpha value is -0.720. The molecule has 0 aromatic rings. The van der Waals surface area contributed by atoms with Crippen LogP contribution in [-0.2, 0) is 0 Å². The van der Waals surface area contributed by atoms with Crippen LogP contribution in [0.2, 0.25) is 0 Å². The number of hydrogen-bond donors (Lipinski definition) is 1. The maximum atomic E-state index is 9.16. The fourth-order valence-corrected chi connectivity index (χ4v) is 1.45. The number of hydrogen-bond acceptors (Lipinski definition) is 1. The van der Waals surface area contributed by atoms with Gasteiger partial charge in [-0.05, 0) is 24.3 Å². The summed E-state index contributed by atoms with van der Waals surface area (Å²) in [6, 6.07) is 0. The van der Waals surface area contributed by atoms with Crippen molar-refractivity contribution < 1.29 is 5.11 Å². The third kappa shape index (κ3) is 2.13. The van der Waals surface area contributed by atoms with Gasteiger partial charge < -0.3 is 5.11 Å². The quantitative estimate of drug-likeness (QED) is 0.666. The highest BCUT2D eigenvalue weighted by molar-refractivity contribution is 5.22. The van der Waals surface area contributed by atoms with Crippen molar-refractivity contribution in [3.05, 3.63) is 23.5 Å². The summed E-state index contributed by atoms with van der Waals surface area (Å²) in [5, 5.41) is 9.16. The molecule has 0 radical (unpaired) electrons. The fraction of sp³-hybridized carbons (Fsp3) is 0.636. The molecule has 1 heteroatoms. The van der Waals surface area contributed by atoms with Gasteiger partial charge in [-0.2, -0.15) is 0 Å². The molecule has 12 heavy (non-hydrogen) atoms. The standard InChI is InChI=1S/C11H18O/c1-8(2)9(3)10-4-6-11(12)7-5-10/h4,6,8-9,12H,5,7H2,1-3H3. The molecule has 0 fully saturated rings. The van der Waals surface area contributed by atoms with Crippen molar-refractivity contribution in [1.29, 1.82) is 0 Å². The van der Waals surface area contributed by atoms with Gasteiger partial charge in [0, 0.05) is 6.42 Å². The number of allylic oxidation sites excluding steroid dienone is 4. The molecule has 0 aromatic heterocycles. The number of aliphatic hydroxyl groups is 1. The molecule has 0 saturated heterocycles. The zero-order chi connectivity index (χ0) is 9.14. The fourth-order valence-electron chi connectivity index (χ4n) is 1.45. The monoisotopic (exact) mass is 166 g/mol. The minimum Gasteiger partial charge on any atom is -0.512 e. The van der Waals surface area contributed by atoms with E-state index in [0.29, 0.717) is 17.6 Å². The second-order valence-electron chi connectivity index (χ2n) is 3.93. The minimum absolute atomic E-state index is 0.523. The second-order valence-corrected chi connectivity index (χ2v) is 3.93. The highest BCUT2D eigenvalue weighted by atomic mass is 16.3. The van der Waals surface area contributed by atoms with Gasteiger partial charge in [-0.1, -0.05) is 32.4 Å². The summed E-state index contributed by atoms with van der Waals surface area (Å²) in [7, 11) is 0. The molecule has 0 aliphatic heterocycles. The van der Waals surface area contributed by atoms with E-state index in [1.807, 2.05) is 6.08 Å². The zero-order valence-corrected chi connectivity index (χ0v) is 8.17. The van der Waals surface area contributed by atoms with Crippen LogP contribution in [0.3, 0.4) is 0 Å². The first-order valence-electron chi connectivity index (χ1n) is 4.70. The first-order chi connectivity index (χ1) is 5.61. The van der Waals surface area contributed by atoms with E-state index in [1.54, 1.807) is 0 Å². The molecular weight excluding hydrogens is 148 g/mol. The molecule has 0 heterocycles. The van der Waals surface area contributed by atoms with Gasteiger partial charge in [-0.3, -0.25) is 0 Å². The van der Waals surface area contributed by atoms with E-state index in [9.17, 15) is 0 Å². The van der Waals surface area contributed by atoms with Gasteiger partial charge in [0.05, 0.1) is 5.76 Å². The second kappa shape index (κ2) is 3.79. The van der Waals surface area contributed by atoms with Crippen LogP contribution in [0.15, 0.2) is 23.5 Å². The molecule has 0 aromatic carbocycles. The van der Waals surface area contributed by atoms with E-state index < -0.39 is 0 Å². The Balaban J connectivity index is 2.65. The lowest BCUT2D eigenvalue weighted by Crippen LogP contribution is -2.09. The van der Waals surface area contributed by atoms with Crippen LogP contribution in [0.25, 0.3) is 0 Å². The minimum atomic E-state index is 0.523. The molecular formula is C11H18O. The molecule has 1 atom stereocenters. The van der Waals surface area contributed by atoms with E-state index in [1.165, 1.54) is 5.57 Å². The maximum absolute atomic E-state index is 9.16. The van der Waals surface area contributed by atoms with Crippen molar-refractivity contribution in [1.82, 2.24) is 0 Å². The van der Waals surface area contributed by atoms with Crippen molar-refractivity contribution >= 4 is 0 Å². The van der Waals surface area contributed by atoms with Gasteiger partial charge in [-0.25, -0.2) is 0 Å². The van der Waals surface area contributed by atoms with Crippen molar-refractivity contribution in [3.63, 3.8) is 0 Å². The predicted molar refractivity (Wildman–Crippen MR) is 52.0 cm³/mol. The van der Waals surface area contributed by atoms with Gasteiger partial charge in [-0.15, -0.1) is 0 Å². The largest absolute Gasteiger partial charge is 0.512 e. The molecule has 1 unspecified atom stereocenters. The summed E-state index contributed by atoms with van der Waals surface area (Å²) in [6.07, 6.45) is 5.76. The van der Waals surface area contributed by atoms with E-state index >= 15 is 0 Å². The van der Waals surface area contributed by atoms with E-state index in [4.69, 9.17) is 5.11 Å². The highest BCUT2D eigenvalue weighted by Crippen LogP contribution is 2.27. The topological polar surface area (TPSA) is 20.2 Å². The van der Waals surface area contributed by atoms with Crippen LogP contribution in [0.1, 0.15) is 33.6 Å². The molecule has 1 rings (SSSR count). The average molecular weight is 166 g/mol. The van der Waals surface area contributed by atoms with E-state index in [0.717, 1.165) is 12.8 Å². The summed E-state index contributed by atoms with van der Waals surface area (Å²) >= 11 is 0. The normalized spacial score (nSPS) is 20.3. The SMILES string of the molecule is CC(C)C(C)C1=CC=C(O)CC1. The van der Waals surface area contributed by atoms with Crippen LogP contribution >= 0.6 is 0 Å². The molecule has 1 N–H and O–H groups in total. The van der Waals surface area contributed by atoms with Crippen molar-refractivity contribution in [2.24, 2.45) is 11.8 Å². The lowest BCUT2D eigenvalue weighted by molar-refractivity contribution is 0.376. The molecule has 0 spiro atoms. The van der Waals surface area contributed by atoms with Crippen LogP contribution in [0, 0.1) is 11.8 Å². The molecule has 1 aliphatic carbocycles. The van der Waals surface area contributed by atoms with E-state index in [2.05, 4.69) is 26.8 Å². The van der Waals surface area contributed by atoms with Crippen LogP contribution in [0.4, 0.5) is 0 Å². The van der Waals surface area contributed by atoms with Gasteiger partial charge in [0.15, 0.2) is 0 Å². The predicted octanol–water partition coefficient (Wildman–Crippen LogP) is 3.44. The first-order valence-corrected chi connectivity index (χ1v) is 4.70. The Morgan fingerprint density at radius 1 is 1.17 bits per heavy atom. The lowest BCUT2D eigenvalue weighted by atomic mass is 9.85. The molecule has 0 saturated carbocycles. The average Bonchev–Trinajstić information content (AvgIpc) is 2.04. The Kier molecular flexibility index (Phi) is 2.96. The van der Waals surface area contributed by atoms with Crippen molar-refractivity contribution in [2.75, 3.05) is 0 Å². The van der Waals surface area contributed by atoms with Gasteiger partial charge in [0.1, 0.15) is 0 Å². The summed E-state index contributed by atoms with van der Waals surface area (Å²) in [6.45, 7) is 6.74. The van der Waals surface area contributed by atoms with Gasteiger partial charge in [0.25, 0.3) is 0 Å². The summed E-state index contributed by atoms with van der Waals surface area (Å²) in [5.74, 6) is 1.87. The summed E-state index contributed by atoms with van der Waals surface area (Å²) in [5.41, 5.74) is 1.47.